The van der Waals surface area contributed by atoms with Crippen LogP contribution in [0.1, 0.15) is 32.1 Å². The van der Waals surface area contributed by atoms with Crippen LogP contribution in [-0.4, -0.2) is 48.9 Å². The van der Waals surface area contributed by atoms with Gasteiger partial charge in [0.2, 0.25) is 0 Å². The van der Waals surface area contributed by atoms with E-state index in [-0.39, 0.29) is 6.10 Å². The zero-order valence-corrected chi connectivity index (χ0v) is 12.2. The molecule has 2 atom stereocenters. The molecule has 2 unspecified atom stereocenters. The number of nitrogens with zero attached hydrogens (tertiary/aromatic N) is 1. The Labute approximate surface area is 113 Å². The van der Waals surface area contributed by atoms with Crippen LogP contribution in [0.15, 0.2) is 0 Å². The largest absolute Gasteiger partial charge is 0.379 e. The van der Waals surface area contributed by atoms with Crippen LogP contribution < -0.4 is 0 Å². The molecule has 2 aliphatic rings. The van der Waals surface area contributed by atoms with Crippen molar-refractivity contribution in [2.75, 3.05) is 19.7 Å². The molecule has 1 aliphatic heterocycles. The summed E-state index contributed by atoms with van der Waals surface area (Å²) in [5.41, 5.74) is 0. The lowest BCUT2D eigenvalue weighted by molar-refractivity contribution is -0.0846. The summed E-state index contributed by atoms with van der Waals surface area (Å²) in [6.07, 6.45) is 7.32. The van der Waals surface area contributed by atoms with Crippen molar-refractivity contribution in [3.8, 4) is 0 Å². The number of rotatable bonds is 3. The topological polar surface area (TPSA) is 21.7 Å². The highest BCUT2D eigenvalue weighted by atomic mass is 127. The molecule has 1 saturated carbocycles. The first kappa shape index (κ1) is 13.1. The number of hydrogen-bond donors (Lipinski definition) is 0. The summed E-state index contributed by atoms with van der Waals surface area (Å²) in [5.74, 6) is 0. The van der Waals surface area contributed by atoms with Crippen LogP contribution in [0.5, 0.6) is 0 Å². The Bertz CT molecular complexity index is 204. The van der Waals surface area contributed by atoms with E-state index in [0.717, 1.165) is 19.7 Å². The van der Waals surface area contributed by atoms with Crippen molar-refractivity contribution in [1.29, 1.82) is 0 Å². The molecule has 2 fully saturated rings. The molecular weight excluding hydrogens is 316 g/mol. The summed E-state index contributed by atoms with van der Waals surface area (Å²) in [6, 6.07) is 0.339. The van der Waals surface area contributed by atoms with Crippen LogP contribution in [0.2, 0.25) is 0 Å². The Morgan fingerprint density at radius 2 is 2.00 bits per heavy atom. The highest BCUT2D eigenvalue weighted by molar-refractivity contribution is 14.1. The lowest BCUT2D eigenvalue weighted by atomic mass is 9.97. The quantitative estimate of drug-likeness (QED) is 0.441. The predicted octanol–water partition coefficient (Wildman–Crippen LogP) is 1.35. The molecule has 0 radical (unpaired) electrons. The zero-order valence-electron chi connectivity index (χ0n) is 10.0. The van der Waals surface area contributed by atoms with Crippen molar-refractivity contribution in [3.05, 3.63) is 0 Å². The molecule has 1 heterocycles. The van der Waals surface area contributed by atoms with Crippen LogP contribution in [0.3, 0.4) is 0 Å². The monoisotopic (exact) mass is 337 g/mol. The molecule has 0 aromatic heterocycles. The molecule has 0 N–H and O–H groups in total. The molecule has 1 saturated heterocycles. The van der Waals surface area contributed by atoms with Gasteiger partial charge in [-0.1, -0.05) is 19.3 Å². The molecule has 16 heavy (non-hydrogen) atoms. The summed E-state index contributed by atoms with van der Waals surface area (Å²) < 4.78 is 14.1. The molecule has 0 aromatic rings. The van der Waals surface area contributed by atoms with Crippen LogP contribution in [0, 0.1) is 0 Å². The van der Waals surface area contributed by atoms with E-state index >= 15 is 0 Å². The van der Waals surface area contributed by atoms with E-state index in [4.69, 9.17) is 9.47 Å². The Hall–Kier alpha value is 0.675. The van der Waals surface area contributed by atoms with Crippen molar-refractivity contribution in [2.45, 2.75) is 50.3 Å². The zero-order chi connectivity index (χ0) is 11.4. The molecular formula is C11H21BINO2. The fraction of sp³-hybridized carbons (Fsp3) is 1.00. The SMILES string of the molecule is BC1CN(I)CC(COC2CCCCC2)O1. The van der Waals surface area contributed by atoms with Gasteiger partial charge in [-0.2, -0.15) is 0 Å². The summed E-state index contributed by atoms with van der Waals surface area (Å²) in [6.45, 7) is 2.80. The van der Waals surface area contributed by atoms with E-state index in [0.29, 0.717) is 12.1 Å². The van der Waals surface area contributed by atoms with Crippen LogP contribution in [0.25, 0.3) is 0 Å². The lowest BCUT2D eigenvalue weighted by Crippen LogP contribution is -2.45. The minimum Gasteiger partial charge on any atom is -0.379 e. The molecule has 0 spiro atoms. The second-order valence-electron chi connectivity index (χ2n) is 4.99. The van der Waals surface area contributed by atoms with Gasteiger partial charge in [0.1, 0.15) is 7.85 Å². The smallest absolute Gasteiger partial charge is 0.140 e. The van der Waals surface area contributed by atoms with Crippen LogP contribution in [-0.2, 0) is 9.47 Å². The summed E-state index contributed by atoms with van der Waals surface area (Å²) in [7, 11) is 2.14. The van der Waals surface area contributed by atoms with Crippen molar-refractivity contribution in [3.63, 3.8) is 0 Å². The van der Waals surface area contributed by atoms with Gasteiger partial charge < -0.3 is 9.47 Å². The molecule has 0 aromatic carbocycles. The van der Waals surface area contributed by atoms with Gasteiger partial charge in [-0.3, -0.25) is 0 Å². The van der Waals surface area contributed by atoms with Gasteiger partial charge in [-0.05, 0) is 12.8 Å². The van der Waals surface area contributed by atoms with Crippen LogP contribution >= 0.6 is 22.9 Å². The van der Waals surface area contributed by atoms with Gasteiger partial charge in [0.25, 0.3) is 0 Å². The fourth-order valence-electron chi connectivity index (χ4n) is 2.56. The van der Waals surface area contributed by atoms with E-state index in [1.807, 2.05) is 0 Å². The van der Waals surface area contributed by atoms with Gasteiger partial charge in [0, 0.05) is 42.0 Å². The Balaban J connectivity index is 1.68. The van der Waals surface area contributed by atoms with Gasteiger partial charge in [-0.25, -0.2) is 3.11 Å². The highest BCUT2D eigenvalue weighted by Crippen LogP contribution is 2.21. The highest BCUT2D eigenvalue weighted by Gasteiger charge is 2.25. The fourth-order valence-corrected chi connectivity index (χ4v) is 3.55. The third-order valence-corrected chi connectivity index (χ3v) is 4.14. The Morgan fingerprint density at radius 1 is 1.25 bits per heavy atom. The first-order chi connectivity index (χ1) is 7.74. The summed E-state index contributed by atoms with van der Waals surface area (Å²) >= 11 is 2.38. The first-order valence-electron chi connectivity index (χ1n) is 6.42. The van der Waals surface area contributed by atoms with Crippen molar-refractivity contribution in [1.82, 2.24) is 3.11 Å². The minimum absolute atomic E-state index is 0.266. The second kappa shape index (κ2) is 6.57. The summed E-state index contributed by atoms with van der Waals surface area (Å²) in [4.78, 5) is 0. The van der Waals surface area contributed by atoms with E-state index in [2.05, 4.69) is 33.8 Å². The standard InChI is InChI=1S/C11H21BINO2/c12-11-7-14(13)6-10(16-11)8-15-9-4-2-1-3-5-9/h9-11H,1-8,12H2. The van der Waals surface area contributed by atoms with E-state index in [1.165, 1.54) is 32.1 Å². The van der Waals surface area contributed by atoms with Gasteiger partial charge in [0.05, 0.1) is 18.8 Å². The Kier molecular flexibility index (Phi) is 5.38. The first-order valence-corrected chi connectivity index (χ1v) is 7.38. The maximum absolute atomic E-state index is 5.96. The molecule has 2 rings (SSSR count). The number of halogens is 1. The number of morpholine rings is 1. The Morgan fingerprint density at radius 3 is 2.69 bits per heavy atom. The third-order valence-electron chi connectivity index (χ3n) is 3.35. The van der Waals surface area contributed by atoms with Crippen molar-refractivity contribution >= 4 is 30.7 Å². The van der Waals surface area contributed by atoms with Crippen molar-refractivity contribution < 1.29 is 9.47 Å². The summed E-state index contributed by atoms with van der Waals surface area (Å²) in [5, 5.41) is 0. The number of hydrogen-bond acceptors (Lipinski definition) is 3. The molecule has 3 nitrogen and oxygen atoms in total. The van der Waals surface area contributed by atoms with Gasteiger partial charge in [-0.15, -0.1) is 0 Å². The van der Waals surface area contributed by atoms with Crippen LogP contribution in [0.4, 0.5) is 0 Å². The molecule has 5 heteroatoms. The molecule has 1 aliphatic carbocycles. The average molecular weight is 337 g/mol. The van der Waals surface area contributed by atoms with E-state index < -0.39 is 0 Å². The maximum Gasteiger partial charge on any atom is 0.140 e. The molecule has 0 bridgehead atoms. The van der Waals surface area contributed by atoms with Gasteiger partial charge in [0.15, 0.2) is 0 Å². The minimum atomic E-state index is 0.266. The number of ether oxygens (including phenoxy) is 2. The van der Waals surface area contributed by atoms with E-state index in [9.17, 15) is 0 Å². The van der Waals surface area contributed by atoms with Crippen molar-refractivity contribution in [2.24, 2.45) is 0 Å². The average Bonchev–Trinajstić information content (AvgIpc) is 2.27. The molecule has 92 valence electrons. The van der Waals surface area contributed by atoms with Gasteiger partial charge >= 0.3 is 0 Å². The lowest BCUT2D eigenvalue weighted by Gasteiger charge is -2.34. The van der Waals surface area contributed by atoms with E-state index in [1.54, 1.807) is 0 Å². The molecule has 0 amide bonds. The maximum atomic E-state index is 5.96. The third kappa shape index (κ3) is 4.16. The second-order valence-corrected chi connectivity index (χ2v) is 6.35. The predicted molar refractivity (Wildman–Crippen MR) is 75.6 cm³/mol. The normalized spacial score (nSPS) is 34.1.